The number of esters is 2. The standard InChI is InChI=1S/C43H47N10O15P/c1-21(2)41(58)66-30-26(65-39(31(30)67-42(59)22(3)4)53-20-47-28-35(53)49-43(51-38(28)57)50-37(56)24-14-10-7-11-15-24)17-63-69(60,61)68-32-29(62-5)25(16-54)64-40(32)52-19-46-27-33(44-18-45-34(27)52)48-36(55)23-12-8-6-9-13-23/h6-15,18-22,25-26,29-32,39-40,54H,16-17H2,1-5H3,(H,60,61)(H,44,45,48,55)(H2,49,50,51,56,57)/t25-,26-,29-,30-,31-,32-,39-,40-/m1/s1. The minimum Gasteiger partial charge on any atom is -0.455 e. The second-order valence-electron chi connectivity index (χ2n) is 16.4. The molecule has 6 heterocycles. The molecule has 1 unspecified atom stereocenters. The number of imidazole rings is 2. The molecule has 0 bridgehead atoms. The van der Waals surface area contributed by atoms with Gasteiger partial charge in [0, 0.05) is 18.2 Å². The first-order valence-corrected chi connectivity index (χ1v) is 22.9. The molecular weight excluding hydrogens is 928 g/mol. The number of nitrogens with zero attached hydrogens (tertiary/aromatic N) is 7. The van der Waals surface area contributed by atoms with Gasteiger partial charge in [-0.15, -0.1) is 0 Å². The fourth-order valence-corrected chi connectivity index (χ4v) is 8.47. The molecular formula is C43H47N10O15P. The van der Waals surface area contributed by atoms with Crippen LogP contribution in [-0.2, 0) is 46.9 Å². The Labute approximate surface area is 391 Å². The van der Waals surface area contributed by atoms with Crippen LogP contribution in [0.15, 0.2) is 84.4 Å². The molecule has 0 spiro atoms. The monoisotopic (exact) mass is 974 g/mol. The van der Waals surface area contributed by atoms with Gasteiger partial charge >= 0.3 is 19.8 Å². The molecule has 69 heavy (non-hydrogen) atoms. The van der Waals surface area contributed by atoms with Gasteiger partial charge in [-0.05, 0) is 24.3 Å². The van der Waals surface area contributed by atoms with E-state index in [9.17, 15) is 38.5 Å². The van der Waals surface area contributed by atoms with Crippen LogP contribution in [0.3, 0.4) is 0 Å². The Balaban J connectivity index is 1.08. The number of nitrogens with one attached hydrogen (secondary N) is 3. The summed E-state index contributed by atoms with van der Waals surface area (Å²) in [4.78, 5) is 101. The second-order valence-corrected chi connectivity index (χ2v) is 17.8. The molecule has 2 aromatic carbocycles. The number of aliphatic hydroxyl groups is 1. The molecule has 4 aromatic heterocycles. The highest BCUT2D eigenvalue weighted by molar-refractivity contribution is 7.47. The van der Waals surface area contributed by atoms with Crippen LogP contribution in [0.1, 0.15) is 60.9 Å². The van der Waals surface area contributed by atoms with Crippen molar-refractivity contribution in [3.63, 3.8) is 0 Å². The summed E-state index contributed by atoms with van der Waals surface area (Å²) in [5, 5.41) is 15.5. The normalized spacial score (nSPS) is 23.3. The molecule has 2 aliphatic heterocycles. The first-order chi connectivity index (χ1) is 33.1. The molecule has 6 aromatic rings. The Morgan fingerprint density at radius 2 is 1.32 bits per heavy atom. The van der Waals surface area contributed by atoms with Crippen LogP contribution in [0, 0.1) is 11.8 Å². The number of anilines is 2. The number of fused-ring (bicyclic) bond motifs is 2. The number of hydrogen-bond donors (Lipinski definition) is 5. The number of methoxy groups -OCH3 is 1. The van der Waals surface area contributed by atoms with Gasteiger partial charge in [-0.25, -0.2) is 24.5 Å². The SMILES string of the molecule is CO[C@H]1[C@@H](OP(=O)(O)OC[C@H]2O[C@@H](n3cnc4c(=O)[nH]c(NC(=O)c5ccccc5)nc43)[C@H](OC(=O)C(C)C)[C@@H]2OC(=O)C(C)C)[C@H](n2cnc3c(NC(=O)c4ccccc4)ncnc32)O[C@@H]1CO. The first kappa shape index (κ1) is 48.6. The van der Waals surface area contributed by atoms with Gasteiger partial charge in [0.15, 0.2) is 52.8 Å². The number of carbonyl (C=O) groups is 4. The minimum absolute atomic E-state index is 0.0442. The predicted molar refractivity (Wildman–Crippen MR) is 238 cm³/mol. The maximum Gasteiger partial charge on any atom is 0.472 e. The zero-order valence-electron chi connectivity index (χ0n) is 37.5. The highest BCUT2D eigenvalue weighted by Gasteiger charge is 2.54. The van der Waals surface area contributed by atoms with Crippen molar-refractivity contribution in [2.24, 2.45) is 11.8 Å². The predicted octanol–water partition coefficient (Wildman–Crippen LogP) is 2.90. The maximum atomic E-state index is 14.1. The largest absolute Gasteiger partial charge is 0.472 e. The van der Waals surface area contributed by atoms with Gasteiger partial charge in [0.25, 0.3) is 17.4 Å². The molecule has 0 aliphatic carbocycles. The van der Waals surface area contributed by atoms with Gasteiger partial charge in [-0.1, -0.05) is 64.1 Å². The first-order valence-electron chi connectivity index (χ1n) is 21.5. The summed E-state index contributed by atoms with van der Waals surface area (Å²) < 4.78 is 57.8. The third-order valence-corrected chi connectivity index (χ3v) is 12.0. The van der Waals surface area contributed by atoms with E-state index >= 15 is 0 Å². The number of H-pyrrole nitrogens is 1. The van der Waals surface area contributed by atoms with Crippen LogP contribution in [0.4, 0.5) is 11.8 Å². The van der Waals surface area contributed by atoms with Crippen molar-refractivity contribution in [1.82, 2.24) is 39.0 Å². The van der Waals surface area contributed by atoms with E-state index in [1.54, 1.807) is 88.4 Å². The summed E-state index contributed by atoms with van der Waals surface area (Å²) in [6.07, 6.45) is -7.57. The summed E-state index contributed by atoms with van der Waals surface area (Å²) in [6, 6.07) is 16.5. The summed E-state index contributed by atoms with van der Waals surface area (Å²) in [6.45, 7) is 4.77. The fraction of sp³-hybridized carbons (Fsp3) is 0.395. The summed E-state index contributed by atoms with van der Waals surface area (Å²) in [5.74, 6) is -4.22. The number of hydrogen-bond acceptors (Lipinski definition) is 19. The zero-order valence-corrected chi connectivity index (χ0v) is 38.4. The van der Waals surface area contributed by atoms with E-state index < -0.39 is 111 Å². The Kier molecular flexibility index (Phi) is 14.4. The molecule has 364 valence electrons. The minimum atomic E-state index is -5.27. The number of carbonyl (C=O) groups excluding carboxylic acids is 4. The van der Waals surface area contributed by atoms with E-state index in [0.29, 0.717) is 5.56 Å². The van der Waals surface area contributed by atoms with Crippen LogP contribution >= 0.6 is 7.82 Å². The van der Waals surface area contributed by atoms with E-state index in [-0.39, 0.29) is 39.7 Å². The van der Waals surface area contributed by atoms with Crippen molar-refractivity contribution >= 4 is 65.7 Å². The Hall–Kier alpha value is -6.83. The molecule has 25 nitrogen and oxygen atoms in total. The van der Waals surface area contributed by atoms with E-state index in [2.05, 4.69) is 40.5 Å². The Morgan fingerprint density at radius 3 is 1.93 bits per heavy atom. The molecule has 8 rings (SSSR count). The van der Waals surface area contributed by atoms with Crippen molar-refractivity contribution in [1.29, 1.82) is 0 Å². The van der Waals surface area contributed by atoms with Gasteiger partial charge in [-0.2, -0.15) is 4.98 Å². The lowest BCUT2D eigenvalue weighted by Crippen LogP contribution is -2.42. The highest BCUT2D eigenvalue weighted by atomic mass is 31.2. The number of aromatic nitrogens is 8. The molecule has 26 heteroatoms. The van der Waals surface area contributed by atoms with Crippen molar-refractivity contribution in [2.45, 2.75) is 76.8 Å². The number of ether oxygens (including phenoxy) is 5. The highest BCUT2D eigenvalue weighted by Crippen LogP contribution is 2.51. The molecule has 9 atom stereocenters. The van der Waals surface area contributed by atoms with E-state index in [1.165, 1.54) is 22.6 Å². The van der Waals surface area contributed by atoms with Crippen molar-refractivity contribution in [3.8, 4) is 0 Å². The molecule has 2 aliphatic rings. The van der Waals surface area contributed by atoms with Crippen molar-refractivity contribution in [2.75, 3.05) is 31.0 Å². The molecule has 0 radical (unpaired) electrons. The molecule has 2 amide bonds. The van der Waals surface area contributed by atoms with E-state index in [1.807, 2.05) is 0 Å². The van der Waals surface area contributed by atoms with Crippen LogP contribution in [0.2, 0.25) is 0 Å². The summed E-state index contributed by atoms with van der Waals surface area (Å²) >= 11 is 0. The average Bonchev–Trinajstić information content (AvgIpc) is 4.12. The lowest BCUT2D eigenvalue weighted by atomic mass is 10.1. The third kappa shape index (κ3) is 10.3. The van der Waals surface area contributed by atoms with E-state index in [4.69, 9.17) is 32.7 Å². The Morgan fingerprint density at radius 1 is 0.754 bits per heavy atom. The van der Waals surface area contributed by atoms with Crippen molar-refractivity contribution in [3.05, 3.63) is 101 Å². The van der Waals surface area contributed by atoms with Crippen LogP contribution in [0.5, 0.6) is 0 Å². The van der Waals surface area contributed by atoms with Crippen LogP contribution in [-0.4, -0.2) is 130 Å². The topological polar surface area (TPSA) is 322 Å². The molecule has 0 saturated carbocycles. The third-order valence-electron chi connectivity index (χ3n) is 11.0. The molecule has 2 saturated heterocycles. The molecule has 5 N–H and O–H groups in total. The summed E-state index contributed by atoms with van der Waals surface area (Å²) in [7, 11) is -4.00. The maximum absolute atomic E-state index is 14.1. The number of phosphoric ester groups is 1. The average molecular weight is 975 g/mol. The van der Waals surface area contributed by atoms with E-state index in [0.717, 1.165) is 12.7 Å². The number of phosphoric acid groups is 1. The van der Waals surface area contributed by atoms with Gasteiger partial charge in [-0.3, -0.25) is 52.5 Å². The summed E-state index contributed by atoms with van der Waals surface area (Å²) in [5.41, 5.74) is -0.271. The number of aliphatic hydroxyl groups excluding tert-OH is 1. The zero-order chi connectivity index (χ0) is 49.1. The van der Waals surface area contributed by atoms with Crippen LogP contribution in [0.25, 0.3) is 22.3 Å². The van der Waals surface area contributed by atoms with Gasteiger partial charge in [0.1, 0.15) is 30.7 Å². The van der Waals surface area contributed by atoms with Crippen LogP contribution < -0.4 is 16.2 Å². The van der Waals surface area contributed by atoms with Gasteiger partial charge in [0.05, 0.1) is 37.7 Å². The smallest absolute Gasteiger partial charge is 0.455 e. The lowest BCUT2D eigenvalue weighted by Gasteiger charge is -2.27. The van der Waals surface area contributed by atoms with Crippen molar-refractivity contribution < 1.29 is 66.5 Å². The number of aromatic amines is 1. The lowest BCUT2D eigenvalue weighted by molar-refractivity contribution is -0.172. The van der Waals surface area contributed by atoms with Gasteiger partial charge in [0.2, 0.25) is 5.95 Å². The quantitative estimate of drug-likeness (QED) is 0.0648. The number of benzene rings is 2. The fourth-order valence-electron chi connectivity index (χ4n) is 7.54. The second kappa shape index (κ2) is 20.4. The number of rotatable bonds is 17. The van der Waals surface area contributed by atoms with Gasteiger partial charge < -0.3 is 39.0 Å². The number of amides is 2. The Bertz CT molecular complexity index is 2950. The molecule has 2 fully saturated rings.